The first-order valence-electron chi connectivity index (χ1n) is 10.7. The molecule has 190 valence electrons. The van der Waals surface area contributed by atoms with Crippen LogP contribution in [0.4, 0.5) is 20.2 Å². The van der Waals surface area contributed by atoms with Crippen molar-refractivity contribution in [3.63, 3.8) is 0 Å². The third-order valence-electron chi connectivity index (χ3n) is 4.82. The van der Waals surface area contributed by atoms with Crippen LogP contribution in [0.25, 0.3) is 0 Å². The molecule has 0 aromatic heterocycles. The minimum atomic E-state index is -0.742. The molecule has 0 radical (unpaired) electrons. The summed E-state index contributed by atoms with van der Waals surface area (Å²) in [6, 6.07) is 9.50. The number of methoxy groups -OCH3 is 1. The number of anilines is 2. The van der Waals surface area contributed by atoms with Crippen molar-refractivity contribution in [1.29, 1.82) is 0 Å². The van der Waals surface area contributed by atoms with Gasteiger partial charge in [-0.1, -0.05) is 31.9 Å². The van der Waals surface area contributed by atoms with Crippen LogP contribution in [0.5, 0.6) is 17.2 Å². The summed E-state index contributed by atoms with van der Waals surface area (Å²) < 4.78 is 46.2. The molecular formula is C25H22Br2F2N2O5. The van der Waals surface area contributed by atoms with Crippen molar-refractivity contribution in [2.45, 2.75) is 13.8 Å². The first-order chi connectivity index (χ1) is 17.2. The maximum absolute atomic E-state index is 14.6. The van der Waals surface area contributed by atoms with Gasteiger partial charge in [0.05, 0.1) is 25.9 Å². The summed E-state index contributed by atoms with van der Waals surface area (Å²) in [6.45, 7) is 3.95. The highest BCUT2D eigenvalue weighted by Crippen LogP contribution is 2.34. The molecule has 0 spiro atoms. The van der Waals surface area contributed by atoms with Gasteiger partial charge in [0, 0.05) is 14.5 Å². The molecule has 0 bridgehead atoms. The van der Waals surface area contributed by atoms with Crippen LogP contribution in [0.2, 0.25) is 0 Å². The van der Waals surface area contributed by atoms with Gasteiger partial charge in [-0.3, -0.25) is 9.59 Å². The lowest BCUT2D eigenvalue weighted by atomic mass is 10.1. The normalized spacial score (nSPS) is 10.5. The molecule has 3 aromatic carbocycles. The number of hydrogen-bond donors (Lipinski definition) is 2. The second kappa shape index (κ2) is 12.2. The summed E-state index contributed by atoms with van der Waals surface area (Å²) in [5.41, 5.74) is -0.325. The molecule has 0 saturated carbocycles. The minimum Gasteiger partial charge on any atom is -0.496 e. The summed E-state index contributed by atoms with van der Waals surface area (Å²) in [7, 11) is 1.35. The Morgan fingerprint density at radius 3 is 1.75 bits per heavy atom. The molecular weight excluding hydrogens is 606 g/mol. The fourth-order valence-corrected chi connectivity index (χ4v) is 4.09. The van der Waals surface area contributed by atoms with Crippen LogP contribution >= 0.6 is 31.9 Å². The lowest BCUT2D eigenvalue weighted by Crippen LogP contribution is -2.18. The van der Waals surface area contributed by atoms with E-state index in [9.17, 15) is 18.4 Å². The van der Waals surface area contributed by atoms with Crippen LogP contribution in [0.15, 0.2) is 51.4 Å². The molecule has 3 rings (SSSR count). The van der Waals surface area contributed by atoms with Crippen LogP contribution in [0, 0.1) is 11.6 Å². The van der Waals surface area contributed by atoms with E-state index in [1.807, 2.05) is 0 Å². The fraction of sp³-hybridized carbons (Fsp3) is 0.200. The van der Waals surface area contributed by atoms with Crippen molar-refractivity contribution in [3.8, 4) is 17.2 Å². The van der Waals surface area contributed by atoms with Gasteiger partial charge in [0.2, 0.25) is 0 Å². The molecule has 2 N–H and O–H groups in total. The molecule has 7 nitrogen and oxygen atoms in total. The molecule has 0 heterocycles. The summed E-state index contributed by atoms with van der Waals surface area (Å²) in [5, 5.41) is 4.97. The molecule has 3 aromatic rings. The smallest absolute Gasteiger partial charge is 0.259 e. The number of benzene rings is 3. The Balaban J connectivity index is 1.94. The average Bonchev–Trinajstić information content (AvgIpc) is 2.83. The number of halogens is 4. The standard InChI is InChI=1S/C25H22Br2F2N2O5/c1-4-35-20-11-14(26)9-17(28)22(20)30-24(32)13-6-7-19(34-3)16(8-13)25(33)31-23-18(29)10-15(27)12-21(23)36-5-2/h6-12H,4-5H2,1-3H3,(H,30,32)(H,31,33). The van der Waals surface area contributed by atoms with E-state index < -0.39 is 23.4 Å². The third-order valence-corrected chi connectivity index (χ3v) is 5.74. The van der Waals surface area contributed by atoms with E-state index in [1.54, 1.807) is 13.8 Å². The number of carbonyl (C=O) groups excluding carboxylic acids is 2. The van der Waals surface area contributed by atoms with Crippen LogP contribution in [-0.4, -0.2) is 32.1 Å². The molecule has 0 aliphatic heterocycles. The highest BCUT2D eigenvalue weighted by Gasteiger charge is 2.22. The van der Waals surface area contributed by atoms with Crippen molar-refractivity contribution in [2.24, 2.45) is 0 Å². The van der Waals surface area contributed by atoms with Gasteiger partial charge < -0.3 is 24.8 Å². The predicted octanol–water partition coefficient (Wildman–Crippen LogP) is 6.80. The van der Waals surface area contributed by atoms with Gasteiger partial charge in [-0.2, -0.15) is 0 Å². The van der Waals surface area contributed by atoms with Gasteiger partial charge >= 0.3 is 0 Å². The van der Waals surface area contributed by atoms with Gasteiger partial charge in [-0.15, -0.1) is 0 Å². The Bertz CT molecular complexity index is 1300. The topological polar surface area (TPSA) is 85.9 Å². The van der Waals surface area contributed by atoms with Crippen LogP contribution in [-0.2, 0) is 0 Å². The van der Waals surface area contributed by atoms with Crippen molar-refractivity contribution in [3.05, 3.63) is 74.2 Å². The van der Waals surface area contributed by atoms with E-state index in [2.05, 4.69) is 42.5 Å². The second-order valence-electron chi connectivity index (χ2n) is 7.21. The van der Waals surface area contributed by atoms with Crippen molar-refractivity contribution in [2.75, 3.05) is 31.0 Å². The minimum absolute atomic E-state index is 0.0343. The van der Waals surface area contributed by atoms with E-state index in [4.69, 9.17) is 14.2 Å². The molecule has 0 atom stereocenters. The Morgan fingerprint density at radius 2 is 1.28 bits per heavy atom. The van der Waals surface area contributed by atoms with Crippen LogP contribution in [0.1, 0.15) is 34.6 Å². The highest BCUT2D eigenvalue weighted by atomic mass is 79.9. The number of carbonyl (C=O) groups is 2. The largest absolute Gasteiger partial charge is 0.496 e. The first kappa shape index (κ1) is 27.4. The Morgan fingerprint density at radius 1 is 0.778 bits per heavy atom. The fourth-order valence-electron chi connectivity index (χ4n) is 3.27. The zero-order valence-electron chi connectivity index (χ0n) is 19.5. The zero-order chi connectivity index (χ0) is 26.4. The molecule has 0 aliphatic rings. The molecule has 11 heteroatoms. The van der Waals surface area contributed by atoms with Gasteiger partial charge in [0.1, 0.15) is 28.6 Å². The van der Waals surface area contributed by atoms with Crippen LogP contribution < -0.4 is 24.8 Å². The number of nitrogens with one attached hydrogen (secondary N) is 2. The molecule has 0 unspecified atom stereocenters. The monoisotopic (exact) mass is 626 g/mol. The van der Waals surface area contributed by atoms with Gasteiger partial charge in [0.25, 0.3) is 11.8 Å². The Hall–Kier alpha value is -3.18. The molecule has 0 saturated heterocycles. The first-order valence-corrected chi connectivity index (χ1v) is 12.3. The highest BCUT2D eigenvalue weighted by molar-refractivity contribution is 9.10. The van der Waals surface area contributed by atoms with E-state index in [1.165, 1.54) is 49.6 Å². The average molecular weight is 628 g/mol. The van der Waals surface area contributed by atoms with Crippen molar-refractivity contribution < 1.29 is 32.6 Å². The lowest BCUT2D eigenvalue weighted by molar-refractivity contribution is 0.102. The number of rotatable bonds is 9. The van der Waals surface area contributed by atoms with Crippen molar-refractivity contribution in [1.82, 2.24) is 0 Å². The summed E-state index contributed by atoms with van der Waals surface area (Å²) >= 11 is 6.38. The molecule has 0 fully saturated rings. The number of amides is 2. The van der Waals surface area contributed by atoms with Crippen molar-refractivity contribution >= 4 is 55.0 Å². The third kappa shape index (κ3) is 6.33. The maximum Gasteiger partial charge on any atom is 0.259 e. The van der Waals surface area contributed by atoms with Gasteiger partial charge in [-0.05, 0) is 56.3 Å². The zero-order valence-corrected chi connectivity index (χ0v) is 22.7. The SMILES string of the molecule is CCOc1cc(Br)cc(F)c1NC(=O)c1ccc(OC)c(C(=O)Nc2c(F)cc(Br)cc2OCC)c1. The summed E-state index contributed by atoms with van der Waals surface area (Å²) in [5.74, 6) is -2.46. The molecule has 2 amide bonds. The quantitative estimate of drug-likeness (QED) is 0.273. The summed E-state index contributed by atoms with van der Waals surface area (Å²) in [6.07, 6.45) is 0. The molecule has 0 aliphatic carbocycles. The van der Waals surface area contributed by atoms with E-state index in [-0.39, 0.29) is 53.0 Å². The number of ether oxygens (including phenoxy) is 3. The van der Waals surface area contributed by atoms with Gasteiger partial charge in [0.15, 0.2) is 11.6 Å². The maximum atomic E-state index is 14.6. The predicted molar refractivity (Wildman–Crippen MR) is 139 cm³/mol. The lowest BCUT2D eigenvalue weighted by Gasteiger charge is -2.16. The van der Waals surface area contributed by atoms with Gasteiger partial charge in [-0.25, -0.2) is 8.78 Å². The summed E-state index contributed by atoms with van der Waals surface area (Å²) in [4.78, 5) is 26.1. The van der Waals surface area contributed by atoms with E-state index >= 15 is 0 Å². The number of hydrogen-bond acceptors (Lipinski definition) is 5. The Kier molecular flexibility index (Phi) is 9.27. The van der Waals surface area contributed by atoms with E-state index in [0.29, 0.717) is 8.95 Å². The van der Waals surface area contributed by atoms with Crippen LogP contribution in [0.3, 0.4) is 0 Å². The van der Waals surface area contributed by atoms with E-state index in [0.717, 1.165) is 0 Å². The Labute approximate surface area is 223 Å². The second-order valence-corrected chi connectivity index (χ2v) is 9.04. The molecule has 36 heavy (non-hydrogen) atoms.